The molecule has 3 nitrogen and oxygen atoms in total. The summed E-state index contributed by atoms with van der Waals surface area (Å²) in [6, 6.07) is 47.0. The van der Waals surface area contributed by atoms with E-state index in [1.807, 2.05) is 0 Å². The van der Waals surface area contributed by atoms with E-state index in [4.69, 9.17) is 14.4 Å². The van der Waals surface area contributed by atoms with Crippen molar-refractivity contribution in [2.75, 3.05) is 0 Å². The average molecular weight is 579 g/mol. The van der Waals surface area contributed by atoms with E-state index in [1.54, 1.807) is 11.3 Å². The molecule has 3 heterocycles. The fourth-order valence-corrected chi connectivity index (χ4v) is 8.07. The van der Waals surface area contributed by atoms with Gasteiger partial charge >= 0.3 is 0 Å². The lowest BCUT2D eigenvalue weighted by atomic mass is 9.90. The second-order valence-corrected chi connectivity index (χ2v) is 12.4. The highest BCUT2D eigenvalue weighted by molar-refractivity contribution is 7.26. The van der Waals surface area contributed by atoms with Crippen molar-refractivity contribution in [3.05, 3.63) is 133 Å². The number of fused-ring (bicyclic) bond motifs is 6. The zero-order valence-electron chi connectivity index (χ0n) is 23.4. The summed E-state index contributed by atoms with van der Waals surface area (Å²) < 4.78 is 8.87. The third kappa shape index (κ3) is 3.31. The van der Waals surface area contributed by atoms with E-state index in [9.17, 15) is 0 Å². The Morgan fingerprint density at radius 1 is 0.477 bits per heavy atom. The number of aromatic nitrogens is 2. The third-order valence-electron chi connectivity index (χ3n) is 8.84. The van der Waals surface area contributed by atoms with E-state index in [-0.39, 0.29) is 0 Å². The van der Waals surface area contributed by atoms with Gasteiger partial charge in [0.15, 0.2) is 5.82 Å². The Labute approximate surface area is 256 Å². The molecule has 0 amide bonds. The highest BCUT2D eigenvalue weighted by atomic mass is 32.1. The van der Waals surface area contributed by atoms with Crippen molar-refractivity contribution in [1.82, 2.24) is 9.97 Å². The van der Waals surface area contributed by atoms with Gasteiger partial charge in [0, 0.05) is 37.4 Å². The lowest BCUT2D eigenvalue weighted by molar-refractivity contribution is 0.669. The van der Waals surface area contributed by atoms with Crippen LogP contribution in [0.4, 0.5) is 0 Å². The predicted molar refractivity (Wildman–Crippen MR) is 185 cm³/mol. The highest BCUT2D eigenvalue weighted by Gasteiger charge is 2.22. The van der Waals surface area contributed by atoms with Crippen molar-refractivity contribution in [2.24, 2.45) is 0 Å². The zero-order chi connectivity index (χ0) is 28.8. The van der Waals surface area contributed by atoms with Crippen LogP contribution >= 0.6 is 11.3 Å². The van der Waals surface area contributed by atoms with Crippen molar-refractivity contribution in [3.63, 3.8) is 0 Å². The van der Waals surface area contributed by atoms with Crippen LogP contribution in [0.3, 0.4) is 0 Å². The monoisotopic (exact) mass is 578 g/mol. The number of furan rings is 1. The second kappa shape index (κ2) is 8.96. The van der Waals surface area contributed by atoms with Crippen molar-refractivity contribution in [2.45, 2.75) is 0 Å². The van der Waals surface area contributed by atoms with Crippen LogP contribution in [0.5, 0.6) is 0 Å². The summed E-state index contributed by atoms with van der Waals surface area (Å²) in [5.74, 6) is 0.733. The smallest absolute Gasteiger partial charge is 0.161 e. The minimum atomic E-state index is 0.733. The summed E-state index contributed by atoms with van der Waals surface area (Å²) in [6.07, 6.45) is 0. The second-order valence-electron chi connectivity index (χ2n) is 11.3. The summed E-state index contributed by atoms with van der Waals surface area (Å²) in [7, 11) is 0. The van der Waals surface area contributed by atoms with Gasteiger partial charge in [0.1, 0.15) is 11.2 Å². The summed E-state index contributed by atoms with van der Waals surface area (Å²) in [5.41, 5.74) is 8.20. The molecule has 0 N–H and O–H groups in total. The van der Waals surface area contributed by atoms with Crippen LogP contribution in [0, 0.1) is 0 Å². The topological polar surface area (TPSA) is 38.9 Å². The standard InChI is InChI=1S/C40H22N2OS/c1-3-11-23(12-4-1)25-21-30-26-16-9-18-29(34(26)28-17-10-19-31-35(28)36(30)32(22-25)43-31)40-41-37(24-13-5-2-6-14-24)39-38(42-40)27-15-7-8-20-33(27)44-39/h1-22H. The minimum absolute atomic E-state index is 0.733. The molecule has 0 aliphatic carbocycles. The summed E-state index contributed by atoms with van der Waals surface area (Å²) in [6.45, 7) is 0. The van der Waals surface area contributed by atoms with Crippen LogP contribution in [0.15, 0.2) is 138 Å². The van der Waals surface area contributed by atoms with Crippen LogP contribution in [0.2, 0.25) is 0 Å². The number of thiophene rings is 1. The van der Waals surface area contributed by atoms with Gasteiger partial charge in [-0.25, -0.2) is 9.97 Å². The number of benzene rings is 7. The lowest BCUT2D eigenvalue weighted by Gasteiger charge is -2.14. The van der Waals surface area contributed by atoms with Gasteiger partial charge in [0.25, 0.3) is 0 Å². The molecule has 0 unspecified atom stereocenters. The van der Waals surface area contributed by atoms with Gasteiger partial charge in [-0.15, -0.1) is 11.3 Å². The van der Waals surface area contributed by atoms with Crippen molar-refractivity contribution < 1.29 is 4.42 Å². The molecule has 0 aliphatic heterocycles. The lowest BCUT2D eigenvalue weighted by Crippen LogP contribution is -1.95. The summed E-state index contributed by atoms with van der Waals surface area (Å²) in [4.78, 5) is 10.7. The molecule has 10 aromatic rings. The fraction of sp³-hybridized carbons (Fsp3) is 0. The van der Waals surface area contributed by atoms with E-state index in [2.05, 4.69) is 133 Å². The SMILES string of the molecule is c1ccc(-c2cc3oc4cccc5c6c(-c7nc(-c8ccccc8)c8sc9ccccc9c8n7)cccc6c(c2)c3c45)cc1. The molecule has 0 fully saturated rings. The molecule has 0 radical (unpaired) electrons. The Morgan fingerprint density at radius 2 is 1.18 bits per heavy atom. The van der Waals surface area contributed by atoms with Gasteiger partial charge in [-0.1, -0.05) is 109 Å². The van der Waals surface area contributed by atoms with Crippen LogP contribution in [-0.4, -0.2) is 9.97 Å². The molecule has 0 saturated heterocycles. The molecule has 0 saturated carbocycles. The molecule has 204 valence electrons. The first-order valence-corrected chi connectivity index (χ1v) is 15.6. The van der Waals surface area contributed by atoms with Gasteiger partial charge < -0.3 is 4.42 Å². The molecular weight excluding hydrogens is 557 g/mol. The average Bonchev–Trinajstić information content (AvgIpc) is 3.66. The zero-order valence-corrected chi connectivity index (χ0v) is 24.2. The normalized spacial score (nSPS) is 12.1. The molecule has 0 aliphatic rings. The Balaban J connectivity index is 1.36. The largest absolute Gasteiger partial charge is 0.456 e. The first kappa shape index (κ1) is 23.9. The molecular formula is C40H22N2OS. The van der Waals surface area contributed by atoms with Gasteiger partial charge in [0.05, 0.1) is 15.9 Å². The maximum absolute atomic E-state index is 6.54. The third-order valence-corrected chi connectivity index (χ3v) is 10.0. The maximum Gasteiger partial charge on any atom is 0.161 e. The summed E-state index contributed by atoms with van der Waals surface area (Å²) >= 11 is 1.76. The Hall–Kier alpha value is -5.58. The first-order valence-electron chi connectivity index (χ1n) is 14.8. The molecule has 0 atom stereocenters. The van der Waals surface area contributed by atoms with E-state index < -0.39 is 0 Å². The molecule has 4 heteroatoms. The Kier molecular flexibility index (Phi) is 4.87. The van der Waals surface area contributed by atoms with E-state index >= 15 is 0 Å². The van der Waals surface area contributed by atoms with Gasteiger partial charge in [-0.3, -0.25) is 0 Å². The minimum Gasteiger partial charge on any atom is -0.456 e. The van der Waals surface area contributed by atoms with Crippen molar-refractivity contribution in [3.8, 4) is 33.8 Å². The quantitative estimate of drug-likeness (QED) is 0.196. The van der Waals surface area contributed by atoms with E-state index in [0.29, 0.717) is 0 Å². The number of rotatable bonds is 3. The highest BCUT2D eigenvalue weighted by Crippen LogP contribution is 2.47. The van der Waals surface area contributed by atoms with Gasteiger partial charge in [0.2, 0.25) is 0 Å². The Bertz CT molecular complexity index is 2710. The molecule has 0 bridgehead atoms. The summed E-state index contributed by atoms with van der Waals surface area (Å²) in [5, 5.41) is 8.15. The molecule has 0 spiro atoms. The van der Waals surface area contributed by atoms with Crippen LogP contribution in [0.25, 0.3) is 97.6 Å². The van der Waals surface area contributed by atoms with Gasteiger partial charge in [-0.05, 0) is 51.6 Å². The van der Waals surface area contributed by atoms with Crippen LogP contribution in [0.1, 0.15) is 0 Å². The fourth-order valence-electron chi connectivity index (χ4n) is 6.92. The van der Waals surface area contributed by atoms with Gasteiger partial charge in [-0.2, -0.15) is 0 Å². The first-order chi connectivity index (χ1) is 21.8. The Morgan fingerprint density at radius 3 is 2.05 bits per heavy atom. The maximum atomic E-state index is 6.54. The van der Waals surface area contributed by atoms with Crippen LogP contribution in [-0.2, 0) is 0 Å². The molecule has 10 rings (SSSR count). The molecule has 44 heavy (non-hydrogen) atoms. The van der Waals surface area contributed by atoms with E-state index in [0.717, 1.165) is 71.1 Å². The van der Waals surface area contributed by atoms with E-state index in [1.165, 1.54) is 26.4 Å². The predicted octanol–water partition coefficient (Wildman–Crippen LogP) is 11.5. The van der Waals surface area contributed by atoms with Crippen LogP contribution < -0.4 is 0 Å². The van der Waals surface area contributed by atoms with Crippen molar-refractivity contribution in [1.29, 1.82) is 0 Å². The molecule has 3 aromatic heterocycles. The molecule has 7 aromatic carbocycles. The number of hydrogen-bond donors (Lipinski definition) is 0. The number of nitrogens with zero attached hydrogens (tertiary/aromatic N) is 2. The van der Waals surface area contributed by atoms with Crippen molar-refractivity contribution >= 4 is 75.1 Å². The number of hydrogen-bond acceptors (Lipinski definition) is 4.